The molecule has 2 aliphatic heterocycles. The molecular formula is C65H53N10O2+. The predicted octanol–water partition coefficient (Wildman–Crippen LogP) is 14.4. The van der Waals surface area contributed by atoms with Crippen LogP contribution in [0.25, 0.3) is 123 Å². The maximum Gasteiger partial charge on any atom is 0.224 e. The van der Waals surface area contributed by atoms with E-state index in [9.17, 15) is 4.79 Å². The molecule has 0 spiro atoms. The zero-order chi connectivity index (χ0) is 52.0. The van der Waals surface area contributed by atoms with Gasteiger partial charge >= 0.3 is 0 Å². The number of H-pyrrole nitrogens is 3. The third-order valence-electron chi connectivity index (χ3n) is 15.0. The summed E-state index contributed by atoms with van der Waals surface area (Å²) in [6, 6.07) is 37.1. The maximum absolute atomic E-state index is 13.4. The molecule has 77 heavy (non-hydrogen) atoms. The summed E-state index contributed by atoms with van der Waals surface area (Å²) >= 11 is 0. The van der Waals surface area contributed by atoms with Crippen molar-refractivity contribution in [1.82, 2.24) is 39.9 Å². The van der Waals surface area contributed by atoms with Crippen molar-refractivity contribution in [1.29, 1.82) is 0 Å². The highest BCUT2D eigenvalue weighted by molar-refractivity contribution is 6.16. The molecule has 0 saturated carbocycles. The summed E-state index contributed by atoms with van der Waals surface area (Å²) < 4.78 is 7.86. The first-order valence-electron chi connectivity index (χ1n) is 26.0. The Morgan fingerprint density at radius 1 is 0.519 bits per heavy atom. The molecule has 11 aromatic rings. The fraction of sp³-hybridized carbons (Fsp3) is 0.123. The Balaban J connectivity index is 0.801. The Hall–Kier alpha value is -9.81. The zero-order valence-corrected chi connectivity index (χ0v) is 42.9. The molecule has 0 aliphatic carbocycles. The molecule has 1 amide bonds. The highest BCUT2D eigenvalue weighted by Gasteiger charge is 2.21. The number of pyridine rings is 4. The van der Waals surface area contributed by atoms with Crippen molar-refractivity contribution in [3.05, 3.63) is 193 Å². The van der Waals surface area contributed by atoms with Crippen molar-refractivity contribution < 1.29 is 14.1 Å². The number of aromatic amines is 3. The second kappa shape index (κ2) is 19.8. The largest absolute Gasteiger partial charge is 0.497 e. The van der Waals surface area contributed by atoms with E-state index in [0.717, 1.165) is 132 Å². The number of amides is 1. The van der Waals surface area contributed by atoms with Gasteiger partial charge in [-0.1, -0.05) is 12.1 Å². The number of aryl methyl sites for hydroxylation is 3. The SMILES string of the molecule is COc1ccc2[nH]c3c(C)c4cc[n+](CCCCCC(=O)Nc5ccc(-c6c7nc(c(-c8ccncc8)c8nc(c(-c9ccncc9)c9ccc([nH]9)c(-c9ccncc9)c9ccc6[nH]9)C=C8)C=C7)cc5)cc4c(C)c3c2c1. The van der Waals surface area contributed by atoms with Gasteiger partial charge in [-0.2, -0.15) is 0 Å². The van der Waals surface area contributed by atoms with Crippen molar-refractivity contribution in [2.75, 3.05) is 12.4 Å². The Labute approximate surface area is 444 Å². The Kier molecular flexibility index (Phi) is 12.1. The summed E-state index contributed by atoms with van der Waals surface area (Å²) in [7, 11) is 1.71. The summed E-state index contributed by atoms with van der Waals surface area (Å²) in [5.41, 5.74) is 19.9. The third kappa shape index (κ3) is 8.79. The van der Waals surface area contributed by atoms with Crippen LogP contribution in [-0.4, -0.2) is 52.9 Å². The van der Waals surface area contributed by atoms with Crippen LogP contribution in [0.15, 0.2) is 159 Å². The van der Waals surface area contributed by atoms with E-state index in [2.05, 4.69) is 145 Å². The Bertz CT molecular complexity index is 4350. The molecule has 8 bridgehead atoms. The van der Waals surface area contributed by atoms with Crippen LogP contribution in [0, 0.1) is 13.8 Å². The van der Waals surface area contributed by atoms with E-state index < -0.39 is 0 Å². The molecule has 374 valence electrons. The lowest BCUT2D eigenvalue weighted by Crippen LogP contribution is -2.32. The summed E-state index contributed by atoms with van der Waals surface area (Å²) in [5, 5.41) is 8.08. The molecule has 2 aliphatic rings. The van der Waals surface area contributed by atoms with Crippen LogP contribution < -0.4 is 14.6 Å². The van der Waals surface area contributed by atoms with Crippen LogP contribution >= 0.6 is 0 Å². The second-order valence-electron chi connectivity index (χ2n) is 19.7. The monoisotopic (exact) mass is 1010 g/mol. The molecule has 0 atom stereocenters. The number of benzene rings is 3. The van der Waals surface area contributed by atoms with Crippen LogP contribution in [0.1, 0.15) is 59.6 Å². The van der Waals surface area contributed by atoms with E-state index in [1.165, 1.54) is 38.2 Å². The Morgan fingerprint density at radius 3 is 1.62 bits per heavy atom. The van der Waals surface area contributed by atoms with Gasteiger partial charge in [0.05, 0.1) is 35.4 Å². The van der Waals surface area contributed by atoms with Crippen molar-refractivity contribution in [3.63, 3.8) is 0 Å². The number of hydrogen-bond acceptors (Lipinski definition) is 7. The molecule has 0 unspecified atom stereocenters. The number of nitrogens with zero attached hydrogens (tertiary/aromatic N) is 6. The van der Waals surface area contributed by atoms with E-state index in [1.54, 1.807) is 19.5 Å². The number of carbonyl (C=O) groups excluding carboxylic acids is 1. The number of hydrogen-bond donors (Lipinski definition) is 4. The lowest BCUT2D eigenvalue weighted by atomic mass is 9.97. The number of nitrogens with one attached hydrogen (secondary N) is 4. The molecule has 3 aromatic carbocycles. The third-order valence-corrected chi connectivity index (χ3v) is 15.0. The van der Waals surface area contributed by atoms with Crippen molar-refractivity contribution in [2.45, 2.75) is 46.1 Å². The average molecular weight is 1010 g/mol. The van der Waals surface area contributed by atoms with E-state index in [1.807, 2.05) is 79.4 Å². The molecule has 13 rings (SSSR count). The first-order chi connectivity index (χ1) is 37.8. The molecule has 0 radical (unpaired) electrons. The fourth-order valence-corrected chi connectivity index (χ4v) is 11.2. The van der Waals surface area contributed by atoms with Gasteiger partial charge in [0.1, 0.15) is 12.3 Å². The first-order valence-corrected chi connectivity index (χ1v) is 26.0. The molecule has 8 aromatic heterocycles. The molecule has 12 heteroatoms. The van der Waals surface area contributed by atoms with Crippen LogP contribution in [0.3, 0.4) is 0 Å². The van der Waals surface area contributed by atoms with Gasteiger partial charge in [-0.3, -0.25) is 19.7 Å². The Morgan fingerprint density at radius 2 is 1.04 bits per heavy atom. The van der Waals surface area contributed by atoms with Gasteiger partial charge in [0.15, 0.2) is 12.4 Å². The minimum atomic E-state index is -0.00379. The predicted molar refractivity (Wildman–Crippen MR) is 311 cm³/mol. The minimum absolute atomic E-state index is 0.00379. The highest BCUT2D eigenvalue weighted by atomic mass is 16.5. The summed E-state index contributed by atoms with van der Waals surface area (Å²) in [6.07, 6.45) is 26.7. The number of methoxy groups -OCH3 is 1. The quantitative estimate of drug-likeness (QED) is 0.0702. The maximum atomic E-state index is 13.4. The summed E-state index contributed by atoms with van der Waals surface area (Å²) in [6.45, 7) is 5.28. The van der Waals surface area contributed by atoms with Gasteiger partial charge < -0.3 is 25.0 Å². The van der Waals surface area contributed by atoms with Gasteiger partial charge in [-0.25, -0.2) is 14.5 Å². The summed E-state index contributed by atoms with van der Waals surface area (Å²) in [4.78, 5) is 48.5. The van der Waals surface area contributed by atoms with Gasteiger partial charge in [0, 0.05) is 128 Å². The molecule has 12 nitrogen and oxygen atoms in total. The number of ether oxygens (including phenoxy) is 1. The standard InChI is InChI=1S/C65H52N10O2/c1-39-49-38-75(36-28-47(49)40(2)65-60(39)48-37-46(77-3)12-13-50(48)74-65)35-6-4-5-7-59(76)69-45-10-8-41(9-11-45)61-51-14-16-53(70-51)62(42-22-29-66-30-23-42)55-18-20-57(72-55)64(44-26-33-68-34-27-44)58-21-19-56(73-58)63(43-24-31-67-32-25-43)54-17-15-52(61)71-54/h8-34,36-38H,4-7,35H2,1-3H3,(H3,66,67,68,69,70,71,72,73,76)/p+1. The van der Waals surface area contributed by atoms with Gasteiger partial charge in [0.2, 0.25) is 5.91 Å². The zero-order valence-electron chi connectivity index (χ0n) is 42.9. The van der Waals surface area contributed by atoms with Crippen molar-refractivity contribution >= 4 is 90.5 Å². The van der Waals surface area contributed by atoms with Crippen molar-refractivity contribution in [2.24, 2.45) is 0 Å². The normalized spacial score (nSPS) is 12.0. The van der Waals surface area contributed by atoms with Crippen LogP contribution in [0.5, 0.6) is 5.75 Å². The van der Waals surface area contributed by atoms with Crippen LogP contribution in [-0.2, 0) is 11.3 Å². The minimum Gasteiger partial charge on any atom is -0.497 e. The van der Waals surface area contributed by atoms with Gasteiger partial charge in [0.25, 0.3) is 0 Å². The fourth-order valence-electron chi connectivity index (χ4n) is 11.2. The number of aromatic nitrogens is 9. The average Bonchev–Trinajstić information content (AvgIpc) is 4.44. The first kappa shape index (κ1) is 46.9. The molecular weight excluding hydrogens is 953 g/mol. The van der Waals surface area contributed by atoms with Gasteiger partial charge in [-0.15, -0.1) is 0 Å². The summed E-state index contributed by atoms with van der Waals surface area (Å²) in [5.74, 6) is 0.846. The van der Waals surface area contributed by atoms with Crippen LogP contribution in [0.2, 0.25) is 0 Å². The van der Waals surface area contributed by atoms with E-state index in [0.29, 0.717) is 6.42 Å². The topological polar surface area (TPSA) is 154 Å². The number of unbranched alkanes of at least 4 members (excludes halogenated alkanes) is 2. The number of rotatable bonds is 12. The van der Waals surface area contributed by atoms with Crippen molar-refractivity contribution in [3.8, 4) is 50.3 Å². The molecule has 4 N–H and O–H groups in total. The number of fused-ring (bicyclic) bond motifs is 12. The second-order valence-corrected chi connectivity index (χ2v) is 19.7. The molecule has 0 saturated heterocycles. The lowest BCUT2D eigenvalue weighted by molar-refractivity contribution is -0.696. The molecule has 10 heterocycles. The smallest absolute Gasteiger partial charge is 0.224 e. The number of anilines is 1. The number of carbonyl (C=O) groups is 1. The van der Waals surface area contributed by atoms with E-state index >= 15 is 0 Å². The highest BCUT2D eigenvalue weighted by Crippen LogP contribution is 2.40. The molecule has 0 fully saturated rings. The van der Waals surface area contributed by atoms with Crippen LogP contribution in [0.4, 0.5) is 5.69 Å². The van der Waals surface area contributed by atoms with E-state index in [4.69, 9.17) is 14.7 Å². The van der Waals surface area contributed by atoms with E-state index in [-0.39, 0.29) is 5.91 Å². The lowest BCUT2D eigenvalue weighted by Gasteiger charge is -2.09. The van der Waals surface area contributed by atoms with Gasteiger partial charge in [-0.05, 0) is 181 Å².